The average Bonchev–Trinajstić information content (AvgIpc) is 2.93. The Balaban J connectivity index is 1.54. The molecular weight excluding hydrogens is 217 g/mol. The summed E-state index contributed by atoms with van der Waals surface area (Å²) in [5.74, 6) is 0.550. The van der Waals surface area contributed by atoms with Crippen molar-refractivity contribution in [2.75, 3.05) is 26.2 Å². The third kappa shape index (κ3) is 3.94. The minimum Gasteiger partial charge on any atom is -0.316 e. The zero-order valence-electron chi connectivity index (χ0n) is 9.39. The molecule has 2 nitrogen and oxygen atoms in total. The number of alkyl halides is 3. The fourth-order valence-corrected chi connectivity index (χ4v) is 2.34. The Morgan fingerprint density at radius 3 is 2.56 bits per heavy atom. The molecule has 1 aliphatic carbocycles. The molecule has 2 fully saturated rings. The van der Waals surface area contributed by atoms with Crippen molar-refractivity contribution < 1.29 is 13.2 Å². The van der Waals surface area contributed by atoms with Crippen LogP contribution in [0.3, 0.4) is 0 Å². The van der Waals surface area contributed by atoms with Crippen LogP contribution in [0.1, 0.15) is 25.7 Å². The summed E-state index contributed by atoms with van der Waals surface area (Å²) in [5.41, 5.74) is 0. The molecule has 94 valence electrons. The lowest BCUT2D eigenvalue weighted by atomic mass is 10.1. The number of hydrogen-bond acceptors (Lipinski definition) is 2. The molecule has 0 spiro atoms. The van der Waals surface area contributed by atoms with Gasteiger partial charge in [0.2, 0.25) is 0 Å². The molecule has 1 saturated carbocycles. The molecule has 5 heteroatoms. The number of halogens is 3. The van der Waals surface area contributed by atoms with Crippen LogP contribution in [0.25, 0.3) is 0 Å². The fraction of sp³-hybridized carbons (Fsp3) is 1.00. The van der Waals surface area contributed by atoms with E-state index in [0.717, 1.165) is 32.1 Å². The maximum atomic E-state index is 11.9. The summed E-state index contributed by atoms with van der Waals surface area (Å²) in [5, 5.41) is 2.92. The van der Waals surface area contributed by atoms with Crippen molar-refractivity contribution in [3.63, 3.8) is 0 Å². The number of nitrogens with one attached hydrogen (secondary N) is 1. The van der Waals surface area contributed by atoms with Gasteiger partial charge in [-0.25, -0.2) is 0 Å². The summed E-state index contributed by atoms with van der Waals surface area (Å²) in [7, 11) is 0. The van der Waals surface area contributed by atoms with Gasteiger partial charge in [0.15, 0.2) is 0 Å². The zero-order valence-corrected chi connectivity index (χ0v) is 9.39. The van der Waals surface area contributed by atoms with Gasteiger partial charge < -0.3 is 10.2 Å². The minimum atomic E-state index is -4.03. The normalized spacial score (nSPS) is 27.6. The molecule has 0 aromatic rings. The van der Waals surface area contributed by atoms with Gasteiger partial charge in [-0.3, -0.25) is 0 Å². The van der Waals surface area contributed by atoms with E-state index in [0.29, 0.717) is 5.92 Å². The van der Waals surface area contributed by atoms with Crippen LogP contribution < -0.4 is 5.32 Å². The van der Waals surface area contributed by atoms with Gasteiger partial charge in [-0.15, -0.1) is 0 Å². The van der Waals surface area contributed by atoms with Crippen molar-refractivity contribution in [3.8, 4) is 0 Å². The first-order chi connectivity index (χ1) is 7.54. The van der Waals surface area contributed by atoms with E-state index in [9.17, 15) is 13.2 Å². The highest BCUT2D eigenvalue weighted by Gasteiger charge is 2.34. The molecule has 0 amide bonds. The molecule has 1 atom stereocenters. The van der Waals surface area contributed by atoms with Gasteiger partial charge in [0.05, 0.1) is 6.42 Å². The van der Waals surface area contributed by atoms with E-state index in [1.165, 1.54) is 12.8 Å². The maximum Gasteiger partial charge on any atom is 0.390 e. The summed E-state index contributed by atoms with van der Waals surface area (Å²) in [4.78, 5) is 2.48. The Labute approximate surface area is 94.2 Å². The summed E-state index contributed by atoms with van der Waals surface area (Å²) < 4.78 is 35.7. The van der Waals surface area contributed by atoms with E-state index in [2.05, 4.69) is 10.2 Å². The highest BCUT2D eigenvalue weighted by molar-refractivity contribution is 4.89. The van der Waals surface area contributed by atoms with E-state index in [1.54, 1.807) is 0 Å². The smallest absolute Gasteiger partial charge is 0.316 e. The number of hydrogen-bond donors (Lipinski definition) is 1. The van der Waals surface area contributed by atoms with E-state index >= 15 is 0 Å². The second-order valence-corrected chi connectivity index (χ2v) is 4.95. The molecule has 1 N–H and O–H groups in total. The topological polar surface area (TPSA) is 15.3 Å². The Morgan fingerprint density at radius 2 is 1.94 bits per heavy atom. The molecule has 1 heterocycles. The van der Waals surface area contributed by atoms with Crippen LogP contribution in [0.4, 0.5) is 13.2 Å². The molecule has 0 aromatic heterocycles. The first kappa shape index (κ1) is 12.2. The highest BCUT2D eigenvalue weighted by Crippen LogP contribution is 2.31. The molecule has 0 aromatic carbocycles. The highest BCUT2D eigenvalue weighted by atomic mass is 19.4. The molecular formula is C11H19F3N2. The molecule has 2 aliphatic rings. The quantitative estimate of drug-likeness (QED) is 0.735. The molecule has 0 bridgehead atoms. The number of likely N-dealkylation sites (tertiary alicyclic amines) is 1. The van der Waals surface area contributed by atoms with Crippen LogP contribution in [0.15, 0.2) is 0 Å². The van der Waals surface area contributed by atoms with Crippen LogP contribution in [-0.2, 0) is 0 Å². The average molecular weight is 236 g/mol. The largest absolute Gasteiger partial charge is 0.390 e. The molecule has 16 heavy (non-hydrogen) atoms. The lowest BCUT2D eigenvalue weighted by Crippen LogP contribution is -2.29. The maximum absolute atomic E-state index is 11.9. The third-order valence-corrected chi connectivity index (χ3v) is 3.40. The SMILES string of the molecule is FC(F)(F)CCNCC1CCN(C2CC2)C1. The molecule has 1 aliphatic heterocycles. The molecule has 2 rings (SSSR count). The number of nitrogens with zero attached hydrogens (tertiary/aromatic N) is 1. The van der Waals surface area contributed by atoms with Crippen LogP contribution in [0, 0.1) is 5.92 Å². The van der Waals surface area contributed by atoms with E-state index in [1.807, 2.05) is 0 Å². The van der Waals surface area contributed by atoms with Crippen LogP contribution in [0.2, 0.25) is 0 Å². The fourth-order valence-electron chi connectivity index (χ4n) is 2.34. The van der Waals surface area contributed by atoms with Crippen molar-refractivity contribution in [3.05, 3.63) is 0 Å². The monoisotopic (exact) mass is 236 g/mol. The predicted molar refractivity (Wildman–Crippen MR) is 56.2 cm³/mol. The molecule has 1 saturated heterocycles. The van der Waals surface area contributed by atoms with Crippen molar-refractivity contribution in [2.45, 2.75) is 37.9 Å². The van der Waals surface area contributed by atoms with Crippen molar-refractivity contribution in [1.82, 2.24) is 10.2 Å². The van der Waals surface area contributed by atoms with Crippen molar-refractivity contribution in [2.24, 2.45) is 5.92 Å². The van der Waals surface area contributed by atoms with Crippen LogP contribution >= 0.6 is 0 Å². The van der Waals surface area contributed by atoms with Crippen LogP contribution in [0.5, 0.6) is 0 Å². The summed E-state index contributed by atoms with van der Waals surface area (Å²) >= 11 is 0. The second-order valence-electron chi connectivity index (χ2n) is 4.95. The van der Waals surface area contributed by atoms with Gasteiger partial charge in [-0.05, 0) is 38.3 Å². The lowest BCUT2D eigenvalue weighted by Gasteiger charge is -2.15. The first-order valence-corrected chi connectivity index (χ1v) is 6.06. The molecule has 1 unspecified atom stereocenters. The Bertz CT molecular complexity index is 226. The second kappa shape index (κ2) is 4.92. The molecule has 0 radical (unpaired) electrons. The Morgan fingerprint density at radius 1 is 1.19 bits per heavy atom. The number of rotatable bonds is 5. The first-order valence-electron chi connectivity index (χ1n) is 6.06. The van der Waals surface area contributed by atoms with Gasteiger partial charge in [-0.1, -0.05) is 0 Å². The van der Waals surface area contributed by atoms with Gasteiger partial charge >= 0.3 is 6.18 Å². The van der Waals surface area contributed by atoms with E-state index in [-0.39, 0.29) is 6.54 Å². The third-order valence-electron chi connectivity index (χ3n) is 3.40. The van der Waals surface area contributed by atoms with Gasteiger partial charge in [0.25, 0.3) is 0 Å². The van der Waals surface area contributed by atoms with Gasteiger partial charge in [0.1, 0.15) is 0 Å². The van der Waals surface area contributed by atoms with Crippen molar-refractivity contribution in [1.29, 1.82) is 0 Å². The Hall–Kier alpha value is -0.290. The van der Waals surface area contributed by atoms with Crippen molar-refractivity contribution >= 4 is 0 Å². The van der Waals surface area contributed by atoms with E-state index in [4.69, 9.17) is 0 Å². The van der Waals surface area contributed by atoms with Gasteiger partial charge in [0, 0.05) is 19.1 Å². The van der Waals surface area contributed by atoms with Crippen LogP contribution in [-0.4, -0.2) is 43.3 Å². The Kier molecular flexibility index (Phi) is 3.74. The standard InChI is InChI=1S/C11H19F3N2/c12-11(13,14)4-5-15-7-9-3-6-16(8-9)10-1-2-10/h9-10,15H,1-8H2. The van der Waals surface area contributed by atoms with E-state index < -0.39 is 12.6 Å². The van der Waals surface area contributed by atoms with Gasteiger partial charge in [-0.2, -0.15) is 13.2 Å². The minimum absolute atomic E-state index is 0.0590. The summed E-state index contributed by atoms with van der Waals surface area (Å²) in [6.45, 7) is 3.00. The zero-order chi connectivity index (χ0) is 11.6. The lowest BCUT2D eigenvalue weighted by molar-refractivity contribution is -0.133. The summed E-state index contributed by atoms with van der Waals surface area (Å²) in [6.07, 6.45) is -0.979. The summed E-state index contributed by atoms with van der Waals surface area (Å²) in [6, 6.07) is 0.792. The predicted octanol–water partition coefficient (Wildman–Crippen LogP) is 2.01.